The quantitative estimate of drug-likeness (QED) is 0.709. The van der Waals surface area contributed by atoms with Crippen LogP contribution >= 0.6 is 15.9 Å². The number of aliphatic hydroxyl groups excluding tert-OH is 2. The van der Waals surface area contributed by atoms with Crippen molar-refractivity contribution < 1.29 is 15.0 Å². The molecular formula is C12H14BrNO3. The summed E-state index contributed by atoms with van der Waals surface area (Å²) in [5, 5.41) is 20.1. The van der Waals surface area contributed by atoms with E-state index in [2.05, 4.69) is 21.2 Å². The molecule has 0 bridgehead atoms. The molecule has 0 aliphatic heterocycles. The third-order valence-electron chi connectivity index (χ3n) is 2.00. The Balaban J connectivity index is 2.45. The van der Waals surface area contributed by atoms with Crippen LogP contribution in [-0.2, 0) is 4.79 Å². The smallest absolute Gasteiger partial charge is 0.244 e. The summed E-state index contributed by atoms with van der Waals surface area (Å²) in [6.07, 6.45) is 2.13. The van der Waals surface area contributed by atoms with Crippen LogP contribution in [0.5, 0.6) is 0 Å². The average molecular weight is 300 g/mol. The van der Waals surface area contributed by atoms with Crippen LogP contribution in [0, 0.1) is 0 Å². The number of aliphatic hydroxyl groups is 2. The van der Waals surface area contributed by atoms with Crippen LogP contribution in [0.3, 0.4) is 0 Å². The lowest BCUT2D eigenvalue weighted by molar-refractivity contribution is -0.117. The third kappa shape index (κ3) is 5.63. The van der Waals surface area contributed by atoms with Gasteiger partial charge in [-0.15, -0.1) is 0 Å². The van der Waals surface area contributed by atoms with Crippen molar-refractivity contribution in [2.75, 3.05) is 13.2 Å². The molecule has 1 amide bonds. The number of halogens is 1. The Kier molecular flexibility index (Phi) is 5.90. The molecule has 0 radical (unpaired) electrons. The molecule has 0 heterocycles. The van der Waals surface area contributed by atoms with Gasteiger partial charge in [-0.25, -0.2) is 0 Å². The zero-order valence-electron chi connectivity index (χ0n) is 9.14. The molecule has 0 fully saturated rings. The number of hydrogen-bond donors (Lipinski definition) is 3. The van der Waals surface area contributed by atoms with Gasteiger partial charge in [-0.3, -0.25) is 4.79 Å². The van der Waals surface area contributed by atoms with Gasteiger partial charge in [0.25, 0.3) is 0 Å². The van der Waals surface area contributed by atoms with E-state index in [-0.39, 0.29) is 19.1 Å². The van der Waals surface area contributed by atoms with Gasteiger partial charge in [0.1, 0.15) is 0 Å². The minimum absolute atomic E-state index is 0.0398. The van der Waals surface area contributed by atoms with Gasteiger partial charge >= 0.3 is 0 Å². The van der Waals surface area contributed by atoms with E-state index in [4.69, 9.17) is 10.2 Å². The van der Waals surface area contributed by atoms with Crippen molar-refractivity contribution in [1.29, 1.82) is 0 Å². The average Bonchev–Trinajstić information content (AvgIpc) is 2.33. The third-order valence-corrected chi connectivity index (χ3v) is 2.49. The summed E-state index contributed by atoms with van der Waals surface area (Å²) in [6.45, 7) is -0.326. The minimum Gasteiger partial charge on any atom is -0.394 e. The second-order valence-electron chi connectivity index (χ2n) is 3.47. The highest BCUT2D eigenvalue weighted by atomic mass is 79.9. The molecule has 0 aliphatic rings. The number of hydrogen-bond acceptors (Lipinski definition) is 3. The summed E-state index contributed by atoms with van der Waals surface area (Å²) in [5.74, 6) is -0.308. The molecule has 17 heavy (non-hydrogen) atoms. The Labute approximate surface area is 108 Å². The van der Waals surface area contributed by atoms with Crippen molar-refractivity contribution in [3.8, 4) is 0 Å². The summed E-state index contributed by atoms with van der Waals surface area (Å²) in [6, 6.07) is 7.52. The lowest BCUT2D eigenvalue weighted by Gasteiger charge is -2.06. The Hall–Kier alpha value is -1.17. The largest absolute Gasteiger partial charge is 0.394 e. The lowest BCUT2D eigenvalue weighted by atomic mass is 10.2. The molecule has 1 atom stereocenters. The Morgan fingerprint density at radius 3 is 2.94 bits per heavy atom. The Morgan fingerprint density at radius 1 is 1.53 bits per heavy atom. The second kappa shape index (κ2) is 7.21. The van der Waals surface area contributed by atoms with Crippen LogP contribution in [0.25, 0.3) is 6.08 Å². The molecule has 5 heteroatoms. The first-order chi connectivity index (χ1) is 8.11. The summed E-state index contributed by atoms with van der Waals surface area (Å²) in [5.41, 5.74) is 0.900. The van der Waals surface area contributed by atoms with Crippen LogP contribution in [-0.4, -0.2) is 35.4 Å². The molecule has 0 unspecified atom stereocenters. The molecule has 3 N–H and O–H groups in total. The normalized spacial score (nSPS) is 12.6. The van der Waals surface area contributed by atoms with E-state index in [9.17, 15) is 4.79 Å². The maximum atomic E-state index is 11.3. The van der Waals surface area contributed by atoms with Gasteiger partial charge in [-0.1, -0.05) is 28.1 Å². The van der Waals surface area contributed by atoms with E-state index in [0.717, 1.165) is 10.0 Å². The maximum absolute atomic E-state index is 11.3. The first-order valence-corrected chi connectivity index (χ1v) is 5.91. The standard InChI is InChI=1S/C12H14BrNO3/c13-10-3-1-2-9(6-10)4-5-12(17)14-7-11(16)8-15/h1-6,11,15-16H,7-8H2,(H,14,17)/b5-4-/t11-/m0/s1. The monoisotopic (exact) mass is 299 g/mol. The minimum atomic E-state index is -0.918. The van der Waals surface area contributed by atoms with Crippen molar-refractivity contribution in [3.63, 3.8) is 0 Å². The lowest BCUT2D eigenvalue weighted by Crippen LogP contribution is -2.32. The highest BCUT2D eigenvalue weighted by Crippen LogP contribution is 2.12. The van der Waals surface area contributed by atoms with Crippen LogP contribution in [0.1, 0.15) is 5.56 Å². The van der Waals surface area contributed by atoms with Crippen LogP contribution in [0.15, 0.2) is 34.8 Å². The van der Waals surface area contributed by atoms with Gasteiger partial charge in [-0.2, -0.15) is 0 Å². The SMILES string of the molecule is O=C(/C=C\c1cccc(Br)c1)NC[C@H](O)CO. The highest BCUT2D eigenvalue weighted by molar-refractivity contribution is 9.10. The van der Waals surface area contributed by atoms with E-state index in [1.54, 1.807) is 6.08 Å². The molecule has 4 nitrogen and oxygen atoms in total. The molecule has 0 aromatic heterocycles. The van der Waals surface area contributed by atoms with E-state index in [1.807, 2.05) is 24.3 Å². The number of carbonyl (C=O) groups excluding carboxylic acids is 1. The predicted molar refractivity (Wildman–Crippen MR) is 69.3 cm³/mol. The predicted octanol–water partition coefficient (Wildman–Crippen LogP) is 0.932. The molecule has 1 aromatic carbocycles. The first kappa shape index (κ1) is 13.9. The fourth-order valence-electron chi connectivity index (χ4n) is 1.12. The Bertz CT molecular complexity index is 406. The molecule has 92 valence electrons. The van der Waals surface area contributed by atoms with Crippen molar-refractivity contribution in [2.24, 2.45) is 0 Å². The zero-order chi connectivity index (χ0) is 12.7. The highest BCUT2D eigenvalue weighted by Gasteiger charge is 2.02. The van der Waals surface area contributed by atoms with Crippen LogP contribution in [0.4, 0.5) is 0 Å². The van der Waals surface area contributed by atoms with E-state index >= 15 is 0 Å². The van der Waals surface area contributed by atoms with Gasteiger partial charge in [0.2, 0.25) is 5.91 Å². The first-order valence-electron chi connectivity index (χ1n) is 5.12. The van der Waals surface area contributed by atoms with Gasteiger partial charge in [0, 0.05) is 17.1 Å². The second-order valence-corrected chi connectivity index (χ2v) is 4.39. The number of nitrogens with one attached hydrogen (secondary N) is 1. The Morgan fingerprint density at radius 2 is 2.29 bits per heavy atom. The summed E-state index contributed by atoms with van der Waals surface area (Å²) < 4.78 is 0.941. The van der Waals surface area contributed by atoms with E-state index in [1.165, 1.54) is 6.08 Å². The fraction of sp³-hybridized carbons (Fsp3) is 0.250. The number of carbonyl (C=O) groups is 1. The van der Waals surface area contributed by atoms with E-state index in [0.29, 0.717) is 0 Å². The number of amides is 1. The summed E-state index contributed by atoms with van der Waals surface area (Å²) >= 11 is 3.33. The maximum Gasteiger partial charge on any atom is 0.244 e. The molecule has 1 rings (SSSR count). The summed E-state index contributed by atoms with van der Waals surface area (Å²) in [4.78, 5) is 11.3. The molecule has 0 spiro atoms. The molecule has 0 saturated carbocycles. The molecular weight excluding hydrogens is 286 g/mol. The van der Waals surface area contributed by atoms with Gasteiger partial charge in [-0.05, 0) is 23.8 Å². The van der Waals surface area contributed by atoms with Crippen molar-refractivity contribution in [1.82, 2.24) is 5.32 Å². The zero-order valence-corrected chi connectivity index (χ0v) is 10.7. The molecule has 0 aliphatic carbocycles. The van der Waals surface area contributed by atoms with Crippen molar-refractivity contribution >= 4 is 27.9 Å². The van der Waals surface area contributed by atoms with E-state index < -0.39 is 6.10 Å². The van der Waals surface area contributed by atoms with Crippen molar-refractivity contribution in [3.05, 3.63) is 40.4 Å². The van der Waals surface area contributed by atoms with Gasteiger partial charge in [0.05, 0.1) is 12.7 Å². The molecule has 0 saturated heterocycles. The number of benzene rings is 1. The van der Waals surface area contributed by atoms with Gasteiger partial charge < -0.3 is 15.5 Å². The topological polar surface area (TPSA) is 69.6 Å². The van der Waals surface area contributed by atoms with Crippen LogP contribution < -0.4 is 5.32 Å². The number of rotatable bonds is 5. The van der Waals surface area contributed by atoms with Crippen LogP contribution in [0.2, 0.25) is 0 Å². The van der Waals surface area contributed by atoms with Crippen molar-refractivity contribution in [2.45, 2.75) is 6.10 Å². The summed E-state index contributed by atoms with van der Waals surface area (Å²) in [7, 11) is 0. The molecule has 1 aromatic rings. The van der Waals surface area contributed by atoms with Gasteiger partial charge in [0.15, 0.2) is 0 Å². The fourth-order valence-corrected chi connectivity index (χ4v) is 1.54.